The highest BCUT2D eigenvalue weighted by molar-refractivity contribution is 9.15. The fourth-order valence-electron chi connectivity index (χ4n) is 3.41. The smallest absolute Gasteiger partial charge is 0.0247 e. The lowest BCUT2D eigenvalue weighted by Crippen LogP contribution is -2.27. The first-order valence-electron chi connectivity index (χ1n) is 6.92. The largest absolute Gasteiger partial charge is 0.0836 e. The first kappa shape index (κ1) is 11.5. The summed E-state index contributed by atoms with van der Waals surface area (Å²) in [6, 6.07) is 4.62. The minimum atomic E-state index is 1.07. The van der Waals surface area contributed by atoms with Gasteiger partial charge in [0.2, 0.25) is 0 Å². The second-order valence-electron chi connectivity index (χ2n) is 5.36. The average molecular weight is 311 g/mol. The van der Waals surface area contributed by atoms with Gasteiger partial charge >= 0.3 is 0 Å². The van der Waals surface area contributed by atoms with Gasteiger partial charge in [0.25, 0.3) is 0 Å². The van der Waals surface area contributed by atoms with Gasteiger partial charge in [0, 0.05) is 4.48 Å². The molecule has 19 heavy (non-hydrogen) atoms. The van der Waals surface area contributed by atoms with Crippen molar-refractivity contribution >= 4 is 26.0 Å². The van der Waals surface area contributed by atoms with Gasteiger partial charge in [-0.15, -0.1) is 0 Å². The molecule has 0 aromatic heterocycles. The van der Waals surface area contributed by atoms with Gasteiger partial charge in [-0.25, -0.2) is 0 Å². The van der Waals surface area contributed by atoms with Gasteiger partial charge in [-0.3, -0.25) is 0 Å². The summed E-state index contributed by atoms with van der Waals surface area (Å²) >= 11 is 3.68. The molecule has 0 fully saturated rings. The topological polar surface area (TPSA) is 0 Å². The molecule has 0 saturated carbocycles. The summed E-state index contributed by atoms with van der Waals surface area (Å²) in [4.78, 5) is 0. The van der Waals surface area contributed by atoms with Gasteiger partial charge in [-0.2, -0.15) is 0 Å². The molecule has 0 radical (unpaired) electrons. The van der Waals surface area contributed by atoms with E-state index in [0.717, 1.165) is 12.8 Å². The highest BCUT2D eigenvalue weighted by Crippen LogP contribution is 2.27. The third-order valence-corrected chi connectivity index (χ3v) is 5.02. The molecule has 0 saturated heterocycles. The van der Waals surface area contributed by atoms with Crippen LogP contribution < -0.4 is 10.4 Å². The number of rotatable bonds is 0. The molecule has 1 aromatic carbocycles. The van der Waals surface area contributed by atoms with Gasteiger partial charge < -0.3 is 0 Å². The van der Waals surface area contributed by atoms with Crippen LogP contribution in [0.1, 0.15) is 24.0 Å². The molecule has 1 aromatic rings. The van der Waals surface area contributed by atoms with E-state index >= 15 is 0 Å². The third kappa shape index (κ3) is 1.72. The number of fused-ring (bicyclic) bond motifs is 4. The van der Waals surface area contributed by atoms with Crippen LogP contribution in [0.25, 0.3) is 10.1 Å². The molecule has 1 heteroatoms. The number of allylic oxidation sites excluding steroid dienone is 6. The predicted molar refractivity (Wildman–Crippen MR) is 84.4 cm³/mol. The average Bonchev–Trinajstić information content (AvgIpc) is 2.47. The normalized spacial score (nSPS) is 19.7. The zero-order valence-electron chi connectivity index (χ0n) is 10.7. The Balaban J connectivity index is 2.08. The predicted octanol–water partition coefficient (Wildman–Crippen LogP) is 3.29. The van der Waals surface area contributed by atoms with Crippen LogP contribution in [0.3, 0.4) is 0 Å². The van der Waals surface area contributed by atoms with E-state index in [1.54, 1.807) is 11.1 Å². The van der Waals surface area contributed by atoms with Gasteiger partial charge in [0.1, 0.15) is 0 Å². The molecular formula is C18H15Br. The number of hydrogen-bond donors (Lipinski definition) is 0. The van der Waals surface area contributed by atoms with Crippen molar-refractivity contribution in [1.29, 1.82) is 0 Å². The summed E-state index contributed by atoms with van der Waals surface area (Å²) in [7, 11) is 0. The Morgan fingerprint density at radius 1 is 0.895 bits per heavy atom. The summed E-state index contributed by atoms with van der Waals surface area (Å²) in [5, 5.41) is 2.88. The lowest BCUT2D eigenvalue weighted by molar-refractivity contribution is 1.000. The maximum Gasteiger partial charge on any atom is 0.0247 e. The van der Waals surface area contributed by atoms with Gasteiger partial charge in [0.05, 0.1) is 0 Å². The number of hydrogen-bond acceptors (Lipinski definition) is 0. The maximum atomic E-state index is 3.68. The summed E-state index contributed by atoms with van der Waals surface area (Å²) in [5.74, 6) is 0. The van der Waals surface area contributed by atoms with E-state index in [-0.39, 0.29) is 0 Å². The van der Waals surface area contributed by atoms with E-state index in [1.165, 1.54) is 38.9 Å². The highest BCUT2D eigenvalue weighted by Gasteiger charge is 2.17. The Labute approximate surface area is 121 Å². The number of halogens is 1. The van der Waals surface area contributed by atoms with Crippen LogP contribution in [0.5, 0.6) is 0 Å². The highest BCUT2D eigenvalue weighted by atomic mass is 79.9. The van der Waals surface area contributed by atoms with E-state index in [4.69, 9.17) is 0 Å². The molecule has 94 valence electrons. The summed E-state index contributed by atoms with van der Waals surface area (Å²) < 4.78 is 1.22. The standard InChI is InChI=1S/C18H15Br/c19-18-7-3-6-14-16-9-8-12-4-1-2-5-13(12)15(16)10-11-17(14)18/h1,3-4,7-8,10-11H,2,5-6,9H2. The first-order valence-corrected chi connectivity index (χ1v) is 7.71. The lowest BCUT2D eigenvalue weighted by atomic mass is 9.83. The van der Waals surface area contributed by atoms with Crippen LogP contribution in [-0.2, 0) is 12.8 Å². The molecule has 0 aliphatic heterocycles. The van der Waals surface area contributed by atoms with Crippen LogP contribution in [0.15, 0.2) is 48.1 Å². The van der Waals surface area contributed by atoms with Crippen molar-refractivity contribution in [3.63, 3.8) is 0 Å². The summed E-state index contributed by atoms with van der Waals surface area (Å²) in [6.07, 6.45) is 15.9. The molecule has 3 aliphatic carbocycles. The molecule has 3 aliphatic rings. The van der Waals surface area contributed by atoms with Gasteiger partial charge in [-0.1, -0.05) is 58.4 Å². The van der Waals surface area contributed by atoms with E-state index < -0.39 is 0 Å². The summed E-state index contributed by atoms with van der Waals surface area (Å²) in [6.45, 7) is 0. The van der Waals surface area contributed by atoms with Crippen molar-refractivity contribution < 1.29 is 0 Å². The second kappa shape index (κ2) is 4.35. The van der Waals surface area contributed by atoms with E-state index in [2.05, 4.69) is 58.4 Å². The van der Waals surface area contributed by atoms with Crippen molar-refractivity contribution in [3.05, 3.63) is 69.7 Å². The molecule has 0 heterocycles. The van der Waals surface area contributed by atoms with Crippen molar-refractivity contribution in [2.45, 2.75) is 25.7 Å². The Kier molecular flexibility index (Phi) is 2.63. The molecule has 0 spiro atoms. The van der Waals surface area contributed by atoms with Crippen LogP contribution in [0.2, 0.25) is 0 Å². The minimum absolute atomic E-state index is 1.07. The van der Waals surface area contributed by atoms with Crippen LogP contribution in [-0.4, -0.2) is 0 Å². The third-order valence-electron chi connectivity index (χ3n) is 4.33. The molecule has 0 N–H and O–H groups in total. The fraction of sp³-hybridized carbons (Fsp3) is 0.222. The molecule has 0 unspecified atom stereocenters. The molecule has 4 rings (SSSR count). The monoisotopic (exact) mass is 310 g/mol. The number of benzene rings is 1. The minimum Gasteiger partial charge on any atom is -0.0836 e. The molecular weight excluding hydrogens is 296 g/mol. The SMILES string of the molecule is BrC1=c2ccc3c(c2CC=C1)CC=C1C=CCCC=31. The van der Waals surface area contributed by atoms with Crippen molar-refractivity contribution in [2.24, 2.45) is 0 Å². The zero-order chi connectivity index (χ0) is 12.8. The fourth-order valence-corrected chi connectivity index (χ4v) is 3.97. The molecule has 0 atom stereocenters. The van der Waals surface area contributed by atoms with Crippen molar-refractivity contribution in [1.82, 2.24) is 0 Å². The van der Waals surface area contributed by atoms with Crippen LogP contribution in [0, 0.1) is 0 Å². The lowest BCUT2D eigenvalue weighted by Gasteiger charge is -2.22. The quantitative estimate of drug-likeness (QED) is 0.690. The van der Waals surface area contributed by atoms with Gasteiger partial charge in [0.15, 0.2) is 0 Å². The molecule has 0 amide bonds. The maximum absolute atomic E-state index is 3.68. The van der Waals surface area contributed by atoms with E-state index in [9.17, 15) is 0 Å². The van der Waals surface area contributed by atoms with Gasteiger partial charge in [-0.05, 0) is 58.4 Å². The Morgan fingerprint density at radius 2 is 1.74 bits per heavy atom. The van der Waals surface area contributed by atoms with Crippen molar-refractivity contribution in [3.8, 4) is 0 Å². The summed E-state index contributed by atoms with van der Waals surface area (Å²) in [5.41, 5.74) is 6.07. The molecule has 0 nitrogen and oxygen atoms in total. The van der Waals surface area contributed by atoms with Crippen molar-refractivity contribution in [2.75, 3.05) is 0 Å². The van der Waals surface area contributed by atoms with Crippen LogP contribution >= 0.6 is 15.9 Å². The molecule has 0 bridgehead atoms. The Hall–Kier alpha value is -1.34. The first-order chi connectivity index (χ1) is 9.34. The Morgan fingerprint density at radius 3 is 2.68 bits per heavy atom. The zero-order valence-corrected chi connectivity index (χ0v) is 12.3. The second-order valence-corrected chi connectivity index (χ2v) is 6.21. The van der Waals surface area contributed by atoms with E-state index in [0.29, 0.717) is 0 Å². The Bertz CT molecular complexity index is 773. The van der Waals surface area contributed by atoms with E-state index in [1.807, 2.05) is 0 Å². The van der Waals surface area contributed by atoms with Crippen LogP contribution in [0.4, 0.5) is 0 Å².